The third-order valence-electron chi connectivity index (χ3n) is 5.87. The van der Waals surface area contributed by atoms with E-state index in [1.807, 2.05) is 6.07 Å². The fourth-order valence-corrected chi connectivity index (χ4v) is 5.15. The van der Waals surface area contributed by atoms with Crippen LogP contribution in [0.4, 0.5) is 4.39 Å². The molecule has 4 rings (SSSR count). The van der Waals surface area contributed by atoms with Gasteiger partial charge in [0.1, 0.15) is 0 Å². The summed E-state index contributed by atoms with van der Waals surface area (Å²) in [6.45, 7) is 2.23. The van der Waals surface area contributed by atoms with Crippen LogP contribution in [0.25, 0.3) is 0 Å². The molecule has 2 aromatic rings. The van der Waals surface area contributed by atoms with E-state index in [1.54, 1.807) is 18.2 Å². The minimum Gasteiger partial charge on any atom is -0.494 e. The molecule has 0 unspecified atom stereocenters. The molecule has 1 saturated heterocycles. The van der Waals surface area contributed by atoms with Gasteiger partial charge in [-0.1, -0.05) is 6.07 Å². The van der Waals surface area contributed by atoms with E-state index >= 15 is 0 Å². The van der Waals surface area contributed by atoms with Crippen LogP contribution in [-0.4, -0.2) is 51.5 Å². The number of hydrogen-bond acceptors (Lipinski definition) is 5. The smallest absolute Gasteiger partial charge is 0.251 e. The number of nitrogens with zero attached hydrogens (tertiary/aromatic N) is 1. The molecule has 0 radical (unpaired) electrons. The lowest BCUT2D eigenvalue weighted by Crippen LogP contribution is -2.44. The summed E-state index contributed by atoms with van der Waals surface area (Å²) in [5.41, 5.74) is 1.32. The number of benzene rings is 2. The van der Waals surface area contributed by atoms with Crippen LogP contribution in [0.3, 0.4) is 0 Å². The van der Waals surface area contributed by atoms with Crippen LogP contribution >= 0.6 is 0 Å². The Morgan fingerprint density at radius 2 is 1.75 bits per heavy atom. The van der Waals surface area contributed by atoms with Gasteiger partial charge in [-0.15, -0.1) is 0 Å². The van der Waals surface area contributed by atoms with Crippen molar-refractivity contribution >= 4 is 15.9 Å². The number of sulfonamides is 1. The van der Waals surface area contributed by atoms with Crippen LogP contribution in [0.1, 0.15) is 41.6 Å². The molecule has 1 saturated carbocycles. The van der Waals surface area contributed by atoms with Crippen LogP contribution in [0, 0.1) is 5.82 Å². The Balaban J connectivity index is 1.26. The first-order valence-electron chi connectivity index (χ1n) is 10.8. The Morgan fingerprint density at radius 3 is 2.34 bits per heavy atom. The lowest BCUT2D eigenvalue weighted by atomic mass is 10.0. The van der Waals surface area contributed by atoms with E-state index in [1.165, 1.54) is 25.3 Å². The summed E-state index contributed by atoms with van der Waals surface area (Å²) in [5.74, 6) is -0.339. The van der Waals surface area contributed by atoms with Gasteiger partial charge >= 0.3 is 0 Å². The Hall–Kier alpha value is -2.49. The second kappa shape index (κ2) is 9.56. The van der Waals surface area contributed by atoms with Crippen LogP contribution in [0.15, 0.2) is 47.4 Å². The van der Waals surface area contributed by atoms with Gasteiger partial charge in [-0.3, -0.25) is 9.69 Å². The summed E-state index contributed by atoms with van der Waals surface area (Å²) in [7, 11) is -2.08. The molecule has 2 fully saturated rings. The molecule has 2 aliphatic rings. The van der Waals surface area contributed by atoms with E-state index in [-0.39, 0.29) is 34.5 Å². The summed E-state index contributed by atoms with van der Waals surface area (Å²) < 4.78 is 46.0. The summed E-state index contributed by atoms with van der Waals surface area (Å²) in [6, 6.07) is 11.1. The number of halogens is 1. The summed E-state index contributed by atoms with van der Waals surface area (Å²) in [6.07, 6.45) is 3.33. The number of rotatable bonds is 8. The van der Waals surface area contributed by atoms with Crippen LogP contribution < -0.4 is 14.8 Å². The van der Waals surface area contributed by atoms with Gasteiger partial charge in [0, 0.05) is 37.3 Å². The molecular weight excluding hydrogens is 433 g/mol. The molecule has 9 heteroatoms. The van der Waals surface area contributed by atoms with Gasteiger partial charge in [0.15, 0.2) is 11.6 Å². The topological polar surface area (TPSA) is 87.7 Å². The second-order valence-electron chi connectivity index (χ2n) is 8.41. The van der Waals surface area contributed by atoms with E-state index in [9.17, 15) is 17.6 Å². The van der Waals surface area contributed by atoms with E-state index in [4.69, 9.17) is 4.74 Å². The molecule has 7 nitrogen and oxygen atoms in total. The van der Waals surface area contributed by atoms with Crippen molar-refractivity contribution in [2.45, 2.75) is 49.2 Å². The number of amides is 1. The number of likely N-dealkylation sites (tertiary alicyclic amines) is 1. The highest BCUT2D eigenvalue weighted by Crippen LogP contribution is 2.23. The van der Waals surface area contributed by atoms with Crippen molar-refractivity contribution in [1.29, 1.82) is 0 Å². The Labute approximate surface area is 188 Å². The van der Waals surface area contributed by atoms with Crippen molar-refractivity contribution in [3.8, 4) is 5.75 Å². The zero-order valence-electron chi connectivity index (χ0n) is 18.0. The predicted octanol–water partition coefficient (Wildman–Crippen LogP) is 2.67. The highest BCUT2D eigenvalue weighted by atomic mass is 32.2. The van der Waals surface area contributed by atoms with E-state index in [0.717, 1.165) is 44.3 Å². The molecule has 1 amide bonds. The van der Waals surface area contributed by atoms with Crippen molar-refractivity contribution in [1.82, 2.24) is 14.9 Å². The predicted molar refractivity (Wildman–Crippen MR) is 119 cm³/mol. The van der Waals surface area contributed by atoms with E-state index in [0.29, 0.717) is 12.1 Å². The third kappa shape index (κ3) is 5.65. The Bertz CT molecular complexity index is 1060. The minimum absolute atomic E-state index is 0.0394. The maximum Gasteiger partial charge on any atom is 0.251 e. The first-order valence-corrected chi connectivity index (χ1v) is 12.3. The van der Waals surface area contributed by atoms with Crippen LogP contribution in [-0.2, 0) is 16.6 Å². The Kier molecular flexibility index (Phi) is 6.78. The normalized spacial score (nSPS) is 17.8. The van der Waals surface area contributed by atoms with Gasteiger partial charge in [0.2, 0.25) is 10.0 Å². The summed E-state index contributed by atoms with van der Waals surface area (Å²) in [5, 5.41) is 3.04. The molecule has 0 bridgehead atoms. The average Bonchev–Trinajstić information content (AvgIpc) is 3.59. The fraction of sp³-hybridized carbons (Fsp3) is 0.435. The summed E-state index contributed by atoms with van der Waals surface area (Å²) in [4.78, 5) is 15.0. The molecule has 2 N–H and O–H groups in total. The van der Waals surface area contributed by atoms with E-state index < -0.39 is 10.0 Å². The van der Waals surface area contributed by atoms with Crippen molar-refractivity contribution in [3.05, 3.63) is 59.4 Å². The van der Waals surface area contributed by atoms with Crippen molar-refractivity contribution < 1.29 is 22.3 Å². The Morgan fingerprint density at radius 1 is 1.06 bits per heavy atom. The van der Waals surface area contributed by atoms with Crippen molar-refractivity contribution in [2.75, 3.05) is 20.2 Å². The quantitative estimate of drug-likeness (QED) is 0.631. The second-order valence-corrected chi connectivity index (χ2v) is 10.1. The first-order chi connectivity index (χ1) is 15.3. The molecular formula is C23H28FN3O4S. The van der Waals surface area contributed by atoms with Crippen molar-refractivity contribution in [2.24, 2.45) is 0 Å². The number of hydrogen-bond donors (Lipinski definition) is 2. The molecule has 2 aromatic carbocycles. The highest BCUT2D eigenvalue weighted by Gasteiger charge is 2.28. The van der Waals surface area contributed by atoms with Gasteiger partial charge in [-0.25, -0.2) is 17.5 Å². The van der Waals surface area contributed by atoms with Gasteiger partial charge in [0.25, 0.3) is 5.91 Å². The zero-order valence-corrected chi connectivity index (χ0v) is 18.8. The van der Waals surface area contributed by atoms with Crippen LogP contribution in [0.2, 0.25) is 0 Å². The largest absolute Gasteiger partial charge is 0.494 e. The third-order valence-corrected chi connectivity index (χ3v) is 7.41. The van der Waals surface area contributed by atoms with Gasteiger partial charge in [-0.05, 0) is 67.6 Å². The lowest BCUT2D eigenvalue weighted by molar-refractivity contribution is 0.0908. The number of methoxy groups -OCH3 is 1. The molecule has 0 atom stereocenters. The molecule has 1 heterocycles. The van der Waals surface area contributed by atoms with Gasteiger partial charge in [-0.2, -0.15) is 0 Å². The maximum atomic E-state index is 13.9. The standard InChI is InChI=1S/C23H28FN3O4S/c1-31-22-9-2-16(14-21(22)24)15-27-12-10-18(11-13-27)25-23(28)17-3-7-20(8-4-17)32(29,30)26-19-5-6-19/h2-4,7-9,14,18-19,26H,5-6,10-13,15H2,1H3,(H,25,28). The number of carbonyl (C=O) groups excluding carboxylic acids is 1. The molecule has 32 heavy (non-hydrogen) atoms. The number of nitrogens with one attached hydrogen (secondary N) is 2. The van der Waals surface area contributed by atoms with Gasteiger partial charge in [0.05, 0.1) is 12.0 Å². The lowest BCUT2D eigenvalue weighted by Gasteiger charge is -2.32. The van der Waals surface area contributed by atoms with Crippen molar-refractivity contribution in [3.63, 3.8) is 0 Å². The number of ether oxygens (including phenoxy) is 1. The SMILES string of the molecule is COc1ccc(CN2CCC(NC(=O)c3ccc(S(=O)(=O)NC4CC4)cc3)CC2)cc1F. The first kappa shape index (κ1) is 22.7. The molecule has 0 spiro atoms. The number of carbonyl (C=O) groups is 1. The minimum atomic E-state index is -3.52. The maximum absolute atomic E-state index is 13.9. The molecule has 172 valence electrons. The molecule has 1 aliphatic heterocycles. The van der Waals surface area contributed by atoms with Gasteiger partial charge < -0.3 is 10.1 Å². The van der Waals surface area contributed by atoms with Crippen LogP contribution in [0.5, 0.6) is 5.75 Å². The fourth-order valence-electron chi connectivity index (χ4n) is 3.84. The molecule has 0 aromatic heterocycles. The summed E-state index contributed by atoms with van der Waals surface area (Å²) >= 11 is 0. The number of piperidine rings is 1. The highest BCUT2D eigenvalue weighted by molar-refractivity contribution is 7.89. The monoisotopic (exact) mass is 461 g/mol. The zero-order chi connectivity index (χ0) is 22.7. The average molecular weight is 462 g/mol. The van der Waals surface area contributed by atoms with E-state index in [2.05, 4.69) is 14.9 Å². The molecule has 1 aliphatic carbocycles.